The normalized spacial score (nSPS) is 12.3. The highest BCUT2D eigenvalue weighted by Crippen LogP contribution is 2.01. The number of rotatable bonds is 23. The number of hydrogen-bond donors (Lipinski definition) is 1. The fraction of sp³-hybridized carbons (Fsp3) is 0.870. The van der Waals surface area contributed by atoms with E-state index in [-0.39, 0.29) is 43.1 Å². The average Bonchev–Trinajstić information content (AvgIpc) is 2.78. The Bertz CT molecular complexity index is 531. The number of carbonyl (C=O) groups is 3. The molecule has 0 rings (SSSR count). The van der Waals surface area contributed by atoms with Gasteiger partial charge in [0, 0.05) is 24.9 Å². The van der Waals surface area contributed by atoms with Crippen molar-refractivity contribution in [3.63, 3.8) is 0 Å². The molecule has 0 aromatic heterocycles. The van der Waals surface area contributed by atoms with E-state index < -0.39 is 12.0 Å². The quantitative estimate of drug-likeness (QED) is 0.221. The van der Waals surface area contributed by atoms with Crippen molar-refractivity contribution in [3.8, 4) is 0 Å². The van der Waals surface area contributed by atoms with E-state index in [1.54, 1.807) is 13.8 Å². The lowest BCUT2D eigenvalue weighted by molar-refractivity contribution is -0.127. The van der Waals surface area contributed by atoms with Crippen molar-refractivity contribution in [2.45, 2.75) is 46.7 Å². The maximum atomic E-state index is 13.7. The monoisotopic (exact) mass is 479 g/mol. The molecule has 0 bridgehead atoms. The first-order chi connectivity index (χ1) is 15.8. The summed E-state index contributed by atoms with van der Waals surface area (Å²) in [5, 5.41) is 2.41. The van der Waals surface area contributed by atoms with Gasteiger partial charge in [-0.05, 0) is 6.42 Å². The third-order valence-corrected chi connectivity index (χ3v) is 4.42. The topological polar surface area (TPSA) is 109 Å². The Morgan fingerprint density at radius 2 is 1.12 bits per heavy atom. The van der Waals surface area contributed by atoms with Crippen LogP contribution >= 0.6 is 0 Å². The summed E-state index contributed by atoms with van der Waals surface area (Å²) in [5.41, 5.74) is 0. The number of hydrogen-bond acceptors (Lipinski definition) is 8. The first kappa shape index (κ1) is 31.5. The molecular formula is C23H42FNO8. The standard InChI is InChI=1S/C23H42FNO8/c1-18(2)22(27)17-33-15-14-32-13-12-31-11-10-30-9-8-29-7-5-6-21(26)20(24)16-25-23(28)19(3)4/h18-20H,5-17H2,1-4H3,(H,25,28). The second-order valence-corrected chi connectivity index (χ2v) is 8.06. The van der Waals surface area contributed by atoms with E-state index >= 15 is 0 Å². The van der Waals surface area contributed by atoms with Crippen LogP contribution in [0.5, 0.6) is 0 Å². The van der Waals surface area contributed by atoms with Crippen molar-refractivity contribution in [1.82, 2.24) is 5.32 Å². The van der Waals surface area contributed by atoms with E-state index in [1.807, 2.05) is 13.8 Å². The molecule has 0 spiro atoms. The molecular weight excluding hydrogens is 437 g/mol. The SMILES string of the molecule is CC(C)C(=O)COCCOCCOCCOCCOCCCC(=O)C(F)CNC(=O)C(C)C. The number of carbonyl (C=O) groups excluding carboxylic acids is 3. The molecule has 0 fully saturated rings. The minimum Gasteiger partial charge on any atom is -0.379 e. The largest absolute Gasteiger partial charge is 0.379 e. The highest BCUT2D eigenvalue weighted by molar-refractivity contribution is 5.84. The third kappa shape index (κ3) is 19.7. The second kappa shape index (κ2) is 21.1. The minimum atomic E-state index is -1.69. The molecule has 194 valence electrons. The number of ketones is 2. The maximum Gasteiger partial charge on any atom is 0.222 e. The molecule has 1 N–H and O–H groups in total. The summed E-state index contributed by atoms with van der Waals surface area (Å²) in [6, 6.07) is 0. The first-order valence-electron chi connectivity index (χ1n) is 11.6. The smallest absolute Gasteiger partial charge is 0.222 e. The van der Waals surface area contributed by atoms with Gasteiger partial charge in [-0.15, -0.1) is 0 Å². The van der Waals surface area contributed by atoms with Crippen LogP contribution in [-0.2, 0) is 38.1 Å². The van der Waals surface area contributed by atoms with Crippen LogP contribution in [0.25, 0.3) is 0 Å². The average molecular weight is 480 g/mol. The molecule has 9 nitrogen and oxygen atoms in total. The number of amides is 1. The van der Waals surface area contributed by atoms with Crippen molar-refractivity contribution in [2.24, 2.45) is 11.8 Å². The van der Waals surface area contributed by atoms with Gasteiger partial charge in [-0.25, -0.2) is 4.39 Å². The van der Waals surface area contributed by atoms with Crippen LogP contribution in [0.2, 0.25) is 0 Å². The van der Waals surface area contributed by atoms with E-state index in [0.717, 1.165) is 0 Å². The van der Waals surface area contributed by atoms with Crippen molar-refractivity contribution in [1.29, 1.82) is 0 Å². The van der Waals surface area contributed by atoms with E-state index in [1.165, 1.54) is 0 Å². The van der Waals surface area contributed by atoms with Crippen molar-refractivity contribution in [3.05, 3.63) is 0 Å². The van der Waals surface area contributed by atoms with Crippen molar-refractivity contribution in [2.75, 3.05) is 72.6 Å². The summed E-state index contributed by atoms with van der Waals surface area (Å²) in [4.78, 5) is 34.4. The molecule has 0 saturated carbocycles. The van der Waals surface area contributed by atoms with Crippen LogP contribution in [0.15, 0.2) is 0 Å². The molecule has 1 atom stereocenters. The molecule has 0 aromatic carbocycles. The van der Waals surface area contributed by atoms with Gasteiger partial charge in [0.25, 0.3) is 0 Å². The Balaban J connectivity index is 3.33. The summed E-state index contributed by atoms with van der Waals surface area (Å²) in [5.74, 6) is -0.988. The number of halogens is 1. The van der Waals surface area contributed by atoms with Crippen molar-refractivity contribution < 1.29 is 42.5 Å². The lowest BCUT2D eigenvalue weighted by Crippen LogP contribution is -2.36. The summed E-state index contributed by atoms with van der Waals surface area (Å²) in [6.07, 6.45) is -1.20. The summed E-state index contributed by atoms with van der Waals surface area (Å²) >= 11 is 0. The van der Waals surface area contributed by atoms with Gasteiger partial charge in [-0.2, -0.15) is 0 Å². The van der Waals surface area contributed by atoms with Gasteiger partial charge in [-0.1, -0.05) is 27.7 Å². The van der Waals surface area contributed by atoms with Gasteiger partial charge in [0.1, 0.15) is 6.61 Å². The number of alkyl halides is 1. The van der Waals surface area contributed by atoms with Gasteiger partial charge in [0.2, 0.25) is 5.91 Å². The molecule has 0 saturated heterocycles. The molecule has 0 heterocycles. The van der Waals surface area contributed by atoms with E-state index in [4.69, 9.17) is 23.7 Å². The molecule has 1 unspecified atom stereocenters. The van der Waals surface area contributed by atoms with Gasteiger partial charge < -0.3 is 29.0 Å². The zero-order valence-electron chi connectivity index (χ0n) is 20.6. The molecule has 10 heteroatoms. The predicted molar refractivity (Wildman–Crippen MR) is 121 cm³/mol. The molecule has 0 aliphatic rings. The molecule has 0 aliphatic heterocycles. The summed E-state index contributed by atoms with van der Waals surface area (Å²) in [6.45, 7) is 10.5. The highest BCUT2D eigenvalue weighted by atomic mass is 19.1. The zero-order chi connectivity index (χ0) is 24.9. The molecule has 0 aromatic rings. The predicted octanol–water partition coefficient (Wildman–Crippen LogP) is 1.75. The summed E-state index contributed by atoms with van der Waals surface area (Å²) in [7, 11) is 0. The fourth-order valence-corrected chi connectivity index (χ4v) is 2.23. The van der Waals surface area contributed by atoms with Crippen LogP contribution in [0.4, 0.5) is 4.39 Å². The summed E-state index contributed by atoms with van der Waals surface area (Å²) < 4.78 is 40.3. The number of Topliss-reactive ketones (excluding diaryl/α,β-unsaturated/α-hetero) is 2. The Kier molecular flexibility index (Phi) is 20.2. The van der Waals surface area contributed by atoms with Crippen LogP contribution in [0.3, 0.4) is 0 Å². The van der Waals surface area contributed by atoms with Gasteiger partial charge in [-0.3, -0.25) is 14.4 Å². The fourth-order valence-electron chi connectivity index (χ4n) is 2.23. The molecule has 0 aliphatic carbocycles. The second-order valence-electron chi connectivity index (χ2n) is 8.06. The third-order valence-electron chi connectivity index (χ3n) is 4.42. The molecule has 1 amide bonds. The zero-order valence-corrected chi connectivity index (χ0v) is 20.6. The van der Waals surface area contributed by atoms with Crippen LogP contribution in [0.1, 0.15) is 40.5 Å². The Morgan fingerprint density at radius 1 is 0.667 bits per heavy atom. The lowest BCUT2D eigenvalue weighted by Gasteiger charge is -2.11. The van der Waals surface area contributed by atoms with Crippen LogP contribution in [0, 0.1) is 11.8 Å². The van der Waals surface area contributed by atoms with Gasteiger partial charge in [0.05, 0.1) is 59.4 Å². The van der Waals surface area contributed by atoms with E-state index in [2.05, 4.69) is 5.32 Å². The molecule has 33 heavy (non-hydrogen) atoms. The molecule has 0 radical (unpaired) electrons. The maximum absolute atomic E-state index is 13.7. The van der Waals surface area contributed by atoms with Crippen molar-refractivity contribution >= 4 is 17.5 Å². The number of nitrogens with one attached hydrogen (secondary N) is 1. The highest BCUT2D eigenvalue weighted by Gasteiger charge is 2.18. The first-order valence-corrected chi connectivity index (χ1v) is 11.6. The minimum absolute atomic E-state index is 0.0173. The van der Waals surface area contributed by atoms with Gasteiger partial charge >= 0.3 is 0 Å². The number of ether oxygens (including phenoxy) is 5. The van der Waals surface area contributed by atoms with E-state index in [9.17, 15) is 18.8 Å². The van der Waals surface area contributed by atoms with E-state index in [0.29, 0.717) is 65.9 Å². The Morgan fingerprint density at radius 3 is 1.58 bits per heavy atom. The van der Waals surface area contributed by atoms with Crippen LogP contribution < -0.4 is 5.32 Å². The lowest BCUT2D eigenvalue weighted by atomic mass is 10.1. The van der Waals surface area contributed by atoms with Gasteiger partial charge in [0.15, 0.2) is 17.7 Å². The Labute approximate surface area is 197 Å². The van der Waals surface area contributed by atoms with Crippen LogP contribution in [-0.4, -0.2) is 96.3 Å². The Hall–Kier alpha value is -1.46.